The smallest absolute Gasteiger partial charge is 0.129 e. The lowest BCUT2D eigenvalue weighted by Gasteiger charge is -2.24. The van der Waals surface area contributed by atoms with E-state index in [0.29, 0.717) is 17.4 Å². The minimum absolute atomic E-state index is 0.502. The zero-order valence-corrected chi connectivity index (χ0v) is 16.6. The van der Waals surface area contributed by atoms with Gasteiger partial charge in [0.15, 0.2) is 0 Å². The lowest BCUT2D eigenvalue weighted by atomic mass is 9.80. The van der Waals surface area contributed by atoms with Crippen molar-refractivity contribution >= 4 is 23.5 Å². The lowest BCUT2D eigenvalue weighted by molar-refractivity contribution is 0.220. The van der Waals surface area contributed by atoms with Gasteiger partial charge < -0.3 is 0 Å². The topological polar surface area (TPSA) is 47.6 Å². The summed E-state index contributed by atoms with van der Waals surface area (Å²) in [5.41, 5.74) is 3.73. The van der Waals surface area contributed by atoms with E-state index in [0.717, 1.165) is 59.2 Å². The van der Waals surface area contributed by atoms with Gasteiger partial charge in [0, 0.05) is 14.0 Å². The van der Waals surface area contributed by atoms with Gasteiger partial charge in [0.25, 0.3) is 0 Å². The molecule has 0 N–H and O–H groups in total. The van der Waals surface area contributed by atoms with Crippen molar-refractivity contribution in [3.05, 3.63) is 45.2 Å². The molecule has 1 aromatic carbocycles. The van der Waals surface area contributed by atoms with Crippen molar-refractivity contribution in [2.75, 3.05) is 0 Å². The van der Waals surface area contributed by atoms with Crippen molar-refractivity contribution in [3.8, 4) is 12.1 Å². The minimum atomic E-state index is 0.502. The van der Waals surface area contributed by atoms with Crippen LogP contribution in [0, 0.1) is 93.7 Å². The van der Waals surface area contributed by atoms with E-state index in [1.807, 2.05) is 29.1 Å². The monoisotopic (exact) mass is 396 g/mol. The van der Waals surface area contributed by atoms with Crippen molar-refractivity contribution in [1.82, 2.24) is 0 Å². The van der Waals surface area contributed by atoms with Gasteiger partial charge in [-0.3, -0.25) is 0 Å². The molecule has 8 fully saturated rings. The van der Waals surface area contributed by atoms with Crippen LogP contribution in [0.1, 0.15) is 0 Å². The van der Waals surface area contributed by atoms with Gasteiger partial charge in [0.2, 0.25) is 0 Å². The first-order valence-corrected chi connectivity index (χ1v) is 12.2. The Bertz CT molecular complexity index is 1080. The Morgan fingerprint density at radius 1 is 0.679 bits per heavy atom. The molecule has 8 aliphatic carbocycles. The molecule has 4 heteroatoms. The van der Waals surface area contributed by atoms with E-state index in [1.54, 1.807) is 4.24 Å². The van der Waals surface area contributed by atoms with Crippen molar-refractivity contribution in [2.24, 2.45) is 71.0 Å². The number of benzene rings is 1. The average Bonchev–Trinajstić information content (AvgIpc) is 3.46. The third-order valence-electron chi connectivity index (χ3n) is 10.3. The summed E-state index contributed by atoms with van der Waals surface area (Å²) in [6, 6.07) is 13.5. The zero-order chi connectivity index (χ0) is 18.0. The molecule has 0 spiro atoms. The average molecular weight is 397 g/mol. The molecule has 134 valence electrons. The van der Waals surface area contributed by atoms with Gasteiger partial charge in [-0.25, -0.2) is 0 Å². The van der Waals surface area contributed by atoms with Crippen LogP contribution in [0.5, 0.6) is 0 Å². The van der Waals surface area contributed by atoms with Gasteiger partial charge >= 0.3 is 0 Å². The molecule has 0 saturated heterocycles. The summed E-state index contributed by atoms with van der Waals surface area (Å²) >= 11 is 4.10. The van der Waals surface area contributed by atoms with E-state index in [4.69, 9.17) is 0 Å². The zero-order valence-electron chi connectivity index (χ0n) is 14.9. The first-order valence-electron chi connectivity index (χ1n) is 10.6. The number of thioether (sulfide) groups is 2. The molecule has 10 rings (SSSR count). The summed E-state index contributed by atoms with van der Waals surface area (Å²) in [4.78, 5) is 2.91. The molecule has 28 heavy (non-hydrogen) atoms. The second-order valence-corrected chi connectivity index (χ2v) is 12.5. The Labute approximate surface area is 172 Å². The van der Waals surface area contributed by atoms with Crippen LogP contribution in [-0.2, 0) is 0 Å². The van der Waals surface area contributed by atoms with Crippen LogP contribution in [-0.4, -0.2) is 0 Å². The molecule has 8 atom stereocenters. The highest BCUT2D eigenvalue weighted by atomic mass is 32.2. The second kappa shape index (κ2) is 4.14. The van der Waals surface area contributed by atoms with Crippen molar-refractivity contribution < 1.29 is 0 Å². The molecule has 1 aliphatic heterocycles. The third-order valence-corrected chi connectivity index (χ3v) is 12.9. The normalized spacial score (nSPS) is 55.3. The van der Waals surface area contributed by atoms with Gasteiger partial charge in [0.1, 0.15) is 17.7 Å². The third kappa shape index (κ3) is 1.11. The van der Waals surface area contributed by atoms with Crippen molar-refractivity contribution in [1.29, 1.82) is 10.5 Å². The Balaban J connectivity index is 1.24. The molecular weight excluding hydrogens is 380 g/mol. The van der Waals surface area contributed by atoms with Gasteiger partial charge in [-0.05, 0) is 94.3 Å². The summed E-state index contributed by atoms with van der Waals surface area (Å²) in [5.74, 6) is 9.67. The minimum Gasteiger partial charge on any atom is -0.192 e. The van der Waals surface area contributed by atoms with E-state index >= 15 is 0 Å². The highest BCUT2D eigenvalue weighted by Crippen LogP contribution is 2.95. The van der Waals surface area contributed by atoms with Gasteiger partial charge in [-0.15, -0.1) is 0 Å². The molecule has 0 amide bonds. The van der Waals surface area contributed by atoms with E-state index < -0.39 is 0 Å². The Kier molecular flexibility index (Phi) is 2.12. The molecule has 1 heterocycles. The molecule has 1 aromatic rings. The summed E-state index contributed by atoms with van der Waals surface area (Å²) in [7, 11) is 0. The van der Waals surface area contributed by atoms with Crippen LogP contribution in [0.2, 0.25) is 0 Å². The first-order chi connectivity index (χ1) is 13.8. The highest BCUT2D eigenvalue weighted by molar-refractivity contribution is 8.24. The van der Waals surface area contributed by atoms with Crippen LogP contribution < -0.4 is 0 Å². The van der Waals surface area contributed by atoms with E-state index in [-0.39, 0.29) is 0 Å². The predicted octanol–water partition coefficient (Wildman–Crippen LogP) is 4.93. The van der Waals surface area contributed by atoms with Gasteiger partial charge in [-0.1, -0.05) is 35.7 Å². The van der Waals surface area contributed by atoms with Crippen LogP contribution in [0.3, 0.4) is 0 Å². The summed E-state index contributed by atoms with van der Waals surface area (Å²) in [6.07, 6.45) is 0. The van der Waals surface area contributed by atoms with Crippen LogP contribution in [0.15, 0.2) is 55.0 Å². The Morgan fingerprint density at radius 3 is 1.54 bits per heavy atom. The maximum absolute atomic E-state index is 9.58. The quantitative estimate of drug-likeness (QED) is 0.584. The Morgan fingerprint density at radius 2 is 1.11 bits per heavy atom. The molecular formula is C24H16N2S2. The predicted molar refractivity (Wildman–Crippen MR) is 105 cm³/mol. The fourth-order valence-corrected chi connectivity index (χ4v) is 13.5. The molecule has 0 radical (unpaired) electrons. The van der Waals surface area contributed by atoms with Crippen LogP contribution in [0.25, 0.3) is 0 Å². The number of allylic oxidation sites excluding steroid dienone is 3. The van der Waals surface area contributed by atoms with Crippen molar-refractivity contribution in [2.45, 2.75) is 9.79 Å². The lowest BCUT2D eigenvalue weighted by Crippen LogP contribution is -2.21. The number of rotatable bonds is 0. The standard InChI is InChI=1S/C24H16N2S2/c25-5-7(6-26)10-11-13-15-12(10)16-14(11)18-17(13)21-19(15)20(16)22(18)23(21)24-27-8-3-1-2-4-9(8)28-24/h1-4,11-22H. The number of hydrogen-bond donors (Lipinski definition) is 0. The number of nitriles is 2. The van der Waals surface area contributed by atoms with Crippen LogP contribution >= 0.6 is 23.5 Å². The fraction of sp³-hybridized carbons (Fsp3) is 0.500. The molecule has 8 saturated carbocycles. The molecule has 9 aliphatic rings. The van der Waals surface area contributed by atoms with Gasteiger partial charge in [-0.2, -0.15) is 10.5 Å². The summed E-state index contributed by atoms with van der Waals surface area (Å²) in [5, 5.41) is 19.2. The highest BCUT2D eigenvalue weighted by Gasteiger charge is 2.91. The van der Waals surface area contributed by atoms with E-state index in [9.17, 15) is 10.5 Å². The molecule has 0 aromatic heterocycles. The number of hydrogen-bond acceptors (Lipinski definition) is 4. The molecule has 8 unspecified atom stereocenters. The largest absolute Gasteiger partial charge is 0.192 e. The molecule has 4 bridgehead atoms. The van der Waals surface area contributed by atoms with Crippen LogP contribution in [0.4, 0.5) is 0 Å². The molecule has 2 nitrogen and oxygen atoms in total. The van der Waals surface area contributed by atoms with E-state index in [2.05, 4.69) is 36.4 Å². The maximum Gasteiger partial charge on any atom is 0.129 e. The number of nitrogens with zero attached hydrogens (tertiary/aromatic N) is 2. The van der Waals surface area contributed by atoms with E-state index in [1.165, 1.54) is 15.4 Å². The van der Waals surface area contributed by atoms with Gasteiger partial charge in [0.05, 0.1) is 0 Å². The number of fused-ring (bicyclic) bond motifs is 1. The fourth-order valence-electron chi connectivity index (χ4n) is 10.7. The first kappa shape index (κ1) is 14.4. The summed E-state index contributed by atoms with van der Waals surface area (Å²) < 4.78 is 1.64. The SMILES string of the molecule is N#CC(C#N)=C1C2C3C4C1C1C2C2C5C(=C6Sc7ccccc7S6)C(C32)C4C51. The second-order valence-electron chi connectivity index (χ2n) is 10.2. The maximum atomic E-state index is 9.58. The summed E-state index contributed by atoms with van der Waals surface area (Å²) in [6.45, 7) is 0. The van der Waals surface area contributed by atoms with Crippen molar-refractivity contribution in [3.63, 3.8) is 0 Å². The Hall–Kier alpha value is -1.62.